The number of nitrogens with zero attached hydrogens (tertiary/aromatic N) is 2. The van der Waals surface area contributed by atoms with E-state index in [0.29, 0.717) is 0 Å². The summed E-state index contributed by atoms with van der Waals surface area (Å²) in [6.07, 6.45) is 11.7. The largest absolute Gasteiger partial charge is 1.00 e. The van der Waals surface area contributed by atoms with Gasteiger partial charge in [-0.05, 0) is 12.8 Å². The van der Waals surface area contributed by atoms with Crippen LogP contribution in [-0.2, 0) is 13.6 Å². The van der Waals surface area contributed by atoms with Gasteiger partial charge in [-0.15, -0.1) is 0 Å². The maximum absolute atomic E-state index is 2.25. The molecule has 0 aliphatic heterocycles. The van der Waals surface area contributed by atoms with Gasteiger partial charge >= 0.3 is 2.85 Å². The molecule has 1 aromatic heterocycles. The molecule has 0 bridgehead atoms. The van der Waals surface area contributed by atoms with Crippen molar-refractivity contribution >= 4 is 0 Å². The summed E-state index contributed by atoms with van der Waals surface area (Å²) in [5.41, 5.74) is 0. The van der Waals surface area contributed by atoms with E-state index < -0.39 is 0 Å². The first-order chi connectivity index (χ1) is 5.83. The number of aryl methyl sites for hydroxylation is 2. The van der Waals surface area contributed by atoms with Crippen molar-refractivity contribution in [3.8, 4) is 0 Å². The first-order valence-corrected chi connectivity index (χ1v) is 4.84. The lowest BCUT2D eigenvalue weighted by atomic mass is 10.2. The van der Waals surface area contributed by atoms with Crippen LogP contribution in [0.2, 0.25) is 0 Å². The number of rotatable bonds is 5. The molecule has 0 aliphatic carbocycles. The number of hydrogen-bond acceptors (Lipinski definition) is 0. The van der Waals surface area contributed by atoms with Crippen LogP contribution in [0.3, 0.4) is 0 Å². The van der Waals surface area contributed by atoms with Crippen LogP contribution in [0.15, 0.2) is 18.7 Å². The van der Waals surface area contributed by atoms with Gasteiger partial charge in [0.15, 0.2) is 0 Å². The molecule has 1 heterocycles. The monoisotopic (exact) mass is 169 g/mol. The highest BCUT2D eigenvalue weighted by atomic mass is 15.1. The summed E-state index contributed by atoms with van der Waals surface area (Å²) in [5.74, 6) is 0. The third-order valence-electron chi connectivity index (χ3n) is 2.09. The lowest BCUT2D eigenvalue weighted by Crippen LogP contribution is -2.30. The van der Waals surface area contributed by atoms with E-state index in [1.54, 1.807) is 0 Å². The van der Waals surface area contributed by atoms with Crippen molar-refractivity contribution in [2.75, 3.05) is 0 Å². The summed E-state index contributed by atoms with van der Waals surface area (Å²) < 4.78 is 4.33. The molecule has 1 rings (SSSR count). The molecule has 12 heavy (non-hydrogen) atoms. The van der Waals surface area contributed by atoms with Gasteiger partial charge in [0.25, 0.3) is 0 Å². The second kappa shape index (κ2) is 4.96. The molecule has 2 nitrogen and oxygen atoms in total. The molecule has 1 aromatic rings. The topological polar surface area (TPSA) is 8.81 Å². The summed E-state index contributed by atoms with van der Waals surface area (Å²) in [6.45, 7) is 3.41. The molecule has 0 N–H and O–H groups in total. The fourth-order valence-corrected chi connectivity index (χ4v) is 1.36. The predicted molar refractivity (Wildman–Crippen MR) is 52.0 cm³/mol. The average Bonchev–Trinajstić information content (AvgIpc) is 2.45. The van der Waals surface area contributed by atoms with E-state index in [4.69, 9.17) is 0 Å². The molecule has 2 heteroatoms. The van der Waals surface area contributed by atoms with Gasteiger partial charge in [0.1, 0.15) is 12.4 Å². The molecule has 0 amide bonds. The Morgan fingerprint density at radius 3 is 2.75 bits per heavy atom. The highest BCUT2D eigenvalue weighted by molar-refractivity contribution is 4.61. The summed E-state index contributed by atoms with van der Waals surface area (Å²) in [6, 6.07) is 0. The van der Waals surface area contributed by atoms with Crippen LogP contribution >= 0.6 is 0 Å². The molecule has 0 radical (unpaired) electrons. The summed E-state index contributed by atoms with van der Waals surface area (Å²) in [5, 5.41) is 0. The van der Waals surface area contributed by atoms with Crippen molar-refractivity contribution in [2.24, 2.45) is 7.05 Å². The van der Waals surface area contributed by atoms with Gasteiger partial charge < -0.3 is 0 Å². The molecule has 68 valence electrons. The van der Waals surface area contributed by atoms with E-state index in [1.165, 1.54) is 32.2 Å². The normalized spacial score (nSPS) is 10.5. The van der Waals surface area contributed by atoms with Crippen molar-refractivity contribution in [2.45, 2.75) is 39.2 Å². The Balaban J connectivity index is 0. The number of unbranched alkanes of at least 4 members (excludes halogenated alkanes) is 3. The van der Waals surface area contributed by atoms with E-state index in [-0.39, 0.29) is 2.85 Å². The number of aromatic nitrogens is 2. The standard InChI is InChI=1S/C10H19N2/c1-3-4-5-6-7-12-9-8-11(2)10-12/h8-10H,3-7H2,1-2H3/q+1/p+2. The Morgan fingerprint density at radius 1 is 1.33 bits per heavy atom. The van der Waals surface area contributed by atoms with E-state index >= 15 is 0 Å². The summed E-state index contributed by atoms with van der Waals surface area (Å²) in [4.78, 5) is 0. The van der Waals surface area contributed by atoms with Crippen molar-refractivity contribution in [1.29, 1.82) is 0 Å². The van der Waals surface area contributed by atoms with Crippen LogP contribution in [0.1, 0.15) is 35.5 Å². The van der Waals surface area contributed by atoms with Crippen LogP contribution in [0.4, 0.5) is 0 Å². The first kappa shape index (κ1) is 9.30. The van der Waals surface area contributed by atoms with Crippen LogP contribution in [-0.4, -0.2) is 4.57 Å². The van der Waals surface area contributed by atoms with Gasteiger partial charge in [0, 0.05) is 0 Å². The minimum atomic E-state index is 0. The Bertz CT molecular complexity index is 224. The van der Waals surface area contributed by atoms with Crippen LogP contribution in [0.5, 0.6) is 0 Å². The molecular formula is C10H21N2+3. The van der Waals surface area contributed by atoms with E-state index in [0.717, 1.165) is 0 Å². The highest BCUT2D eigenvalue weighted by Gasteiger charge is 1.97. The zero-order chi connectivity index (χ0) is 8.81. The van der Waals surface area contributed by atoms with Gasteiger partial charge in [-0.3, -0.25) is 0 Å². The van der Waals surface area contributed by atoms with E-state index in [2.05, 4.69) is 41.8 Å². The predicted octanol–water partition coefficient (Wildman–Crippen LogP) is 2.12. The molecule has 0 saturated heterocycles. The first-order valence-electron chi connectivity index (χ1n) is 4.84. The fraction of sp³-hybridized carbons (Fsp3) is 0.700. The molecule has 0 saturated carbocycles. The second-order valence-corrected chi connectivity index (χ2v) is 3.38. The van der Waals surface area contributed by atoms with Gasteiger partial charge in [-0.1, -0.05) is 19.8 Å². The Hall–Kier alpha value is -0.790. The van der Waals surface area contributed by atoms with Gasteiger partial charge in [-0.25, -0.2) is 9.13 Å². The number of imidazole rings is 1. The van der Waals surface area contributed by atoms with Crippen LogP contribution in [0.25, 0.3) is 0 Å². The van der Waals surface area contributed by atoms with E-state index in [1.807, 2.05) is 0 Å². The Morgan fingerprint density at radius 2 is 2.17 bits per heavy atom. The van der Waals surface area contributed by atoms with Crippen molar-refractivity contribution in [3.63, 3.8) is 0 Å². The Kier molecular flexibility index (Phi) is 3.85. The smallest absolute Gasteiger partial charge is 0.240 e. The minimum Gasteiger partial charge on any atom is -0.240 e. The average molecular weight is 169 g/mol. The van der Waals surface area contributed by atoms with Gasteiger partial charge in [0.2, 0.25) is 6.33 Å². The van der Waals surface area contributed by atoms with Crippen molar-refractivity contribution in [3.05, 3.63) is 18.7 Å². The summed E-state index contributed by atoms with van der Waals surface area (Å²) in [7, 11) is 2.06. The molecule has 0 spiro atoms. The van der Waals surface area contributed by atoms with Crippen LogP contribution < -0.4 is 4.57 Å². The second-order valence-electron chi connectivity index (χ2n) is 3.38. The number of hydrogen-bond donors (Lipinski definition) is 0. The highest BCUT2D eigenvalue weighted by Crippen LogP contribution is 1.97. The fourth-order valence-electron chi connectivity index (χ4n) is 1.36. The van der Waals surface area contributed by atoms with Gasteiger partial charge in [-0.2, -0.15) is 0 Å². The SMILES string of the molecule is CCCCCC[n+]1ccn(C)c1.[H+].[H+]. The molecule has 0 aliphatic rings. The zero-order valence-electron chi connectivity index (χ0n) is 10.2. The Labute approximate surface area is 77.8 Å². The molecule has 0 unspecified atom stereocenters. The van der Waals surface area contributed by atoms with E-state index in [9.17, 15) is 0 Å². The van der Waals surface area contributed by atoms with Gasteiger partial charge in [0.05, 0.1) is 13.6 Å². The lowest BCUT2D eigenvalue weighted by molar-refractivity contribution is -0.696. The van der Waals surface area contributed by atoms with Crippen molar-refractivity contribution < 1.29 is 7.42 Å². The quantitative estimate of drug-likeness (QED) is 0.471. The third-order valence-corrected chi connectivity index (χ3v) is 2.09. The minimum absolute atomic E-state index is 0. The molecular weight excluding hydrogens is 148 g/mol. The maximum atomic E-state index is 2.25. The molecule has 0 atom stereocenters. The molecule has 0 aromatic carbocycles. The third kappa shape index (κ3) is 3.07. The molecule has 0 fully saturated rings. The van der Waals surface area contributed by atoms with Crippen molar-refractivity contribution in [1.82, 2.24) is 4.57 Å². The summed E-state index contributed by atoms with van der Waals surface area (Å²) >= 11 is 0. The van der Waals surface area contributed by atoms with Crippen LogP contribution in [0, 0.1) is 0 Å². The maximum Gasteiger partial charge on any atom is 1.00 e. The lowest BCUT2D eigenvalue weighted by Gasteiger charge is -1.95. The zero-order valence-corrected chi connectivity index (χ0v) is 8.16.